The molecule has 0 fully saturated rings. The largest absolute Gasteiger partial charge is 0.418 e. The maximum absolute atomic E-state index is 11.8. The van der Waals surface area contributed by atoms with Gasteiger partial charge in [-0.2, -0.15) is 0 Å². The highest BCUT2D eigenvalue weighted by molar-refractivity contribution is 5.68. The van der Waals surface area contributed by atoms with Crippen molar-refractivity contribution in [1.29, 1.82) is 0 Å². The highest BCUT2D eigenvalue weighted by atomic mass is 16.6. The lowest BCUT2D eigenvalue weighted by Crippen LogP contribution is -2.48. The van der Waals surface area contributed by atoms with E-state index in [1.807, 2.05) is 20.8 Å². The number of carbonyl (C=O) groups is 1. The molecule has 0 aromatic heterocycles. The molecule has 0 aliphatic heterocycles. The Balaban J connectivity index is 4.41. The number of rotatable bonds is 6. The van der Waals surface area contributed by atoms with Crippen LogP contribution in [0.15, 0.2) is 0 Å². The Labute approximate surface area is 104 Å². The number of hydrogen-bond donors (Lipinski definition) is 2. The molecule has 1 atom stereocenters. The molecule has 0 bridgehead atoms. The summed E-state index contributed by atoms with van der Waals surface area (Å²) in [6.07, 6.45) is 1.37. The van der Waals surface area contributed by atoms with E-state index >= 15 is 0 Å². The molecule has 0 unspecified atom stereocenters. The van der Waals surface area contributed by atoms with Crippen LogP contribution in [0, 0.1) is 0 Å². The van der Waals surface area contributed by atoms with Crippen LogP contribution in [0.2, 0.25) is 0 Å². The molecule has 0 aliphatic rings. The van der Waals surface area contributed by atoms with Crippen molar-refractivity contribution in [3.05, 3.63) is 0 Å². The fraction of sp³-hybridized carbons (Fsp3) is 0.917. The molecule has 0 heterocycles. The van der Waals surface area contributed by atoms with Gasteiger partial charge in [0.1, 0.15) is 0 Å². The van der Waals surface area contributed by atoms with Crippen molar-refractivity contribution < 1.29 is 14.6 Å². The molecular weight excluding hydrogens is 220 g/mol. The number of aliphatic hydroxyl groups is 1. The molecule has 0 aromatic rings. The van der Waals surface area contributed by atoms with E-state index in [0.29, 0.717) is 6.54 Å². The van der Waals surface area contributed by atoms with Crippen LogP contribution in [0.5, 0.6) is 0 Å². The van der Waals surface area contributed by atoms with E-state index in [-0.39, 0.29) is 12.1 Å². The summed E-state index contributed by atoms with van der Waals surface area (Å²) in [5.74, 6) is 0. The van der Waals surface area contributed by atoms with Crippen LogP contribution < -0.4 is 5.73 Å². The average molecular weight is 246 g/mol. The Morgan fingerprint density at radius 1 is 1.41 bits per heavy atom. The Bertz CT molecular complexity index is 226. The van der Waals surface area contributed by atoms with Gasteiger partial charge in [-0.15, -0.1) is 0 Å². The Hall–Kier alpha value is -0.810. The van der Waals surface area contributed by atoms with E-state index in [0.717, 1.165) is 19.3 Å². The molecule has 0 saturated carbocycles. The van der Waals surface area contributed by atoms with E-state index in [2.05, 4.69) is 6.92 Å². The van der Waals surface area contributed by atoms with Crippen molar-refractivity contribution in [2.45, 2.75) is 58.8 Å². The molecule has 0 aromatic carbocycles. The molecule has 0 aliphatic carbocycles. The highest BCUT2D eigenvalue weighted by Crippen LogP contribution is 2.16. The first-order valence-electron chi connectivity index (χ1n) is 6.19. The van der Waals surface area contributed by atoms with Gasteiger partial charge in [0, 0.05) is 12.1 Å². The zero-order valence-electron chi connectivity index (χ0n) is 11.4. The van der Waals surface area contributed by atoms with Gasteiger partial charge in [-0.1, -0.05) is 19.8 Å². The first-order chi connectivity index (χ1) is 7.82. The molecule has 0 saturated heterocycles. The van der Waals surface area contributed by atoms with Crippen LogP contribution in [0.4, 0.5) is 4.79 Å². The third-order valence-corrected chi connectivity index (χ3v) is 2.45. The van der Waals surface area contributed by atoms with E-state index < -0.39 is 12.4 Å². The lowest BCUT2D eigenvalue weighted by molar-refractivity contribution is -0.0646. The summed E-state index contributed by atoms with van der Waals surface area (Å²) in [5, 5.41) is 9.22. The van der Waals surface area contributed by atoms with Crippen molar-refractivity contribution in [1.82, 2.24) is 4.90 Å². The van der Waals surface area contributed by atoms with Gasteiger partial charge in [0.2, 0.25) is 6.29 Å². The van der Waals surface area contributed by atoms with Gasteiger partial charge in [-0.25, -0.2) is 4.79 Å². The summed E-state index contributed by atoms with van der Waals surface area (Å²) < 4.78 is 4.84. The quantitative estimate of drug-likeness (QED) is 0.552. The van der Waals surface area contributed by atoms with Gasteiger partial charge in [0.25, 0.3) is 0 Å². The van der Waals surface area contributed by atoms with E-state index in [9.17, 15) is 9.90 Å². The van der Waals surface area contributed by atoms with Crippen LogP contribution in [-0.4, -0.2) is 41.0 Å². The number of nitrogens with two attached hydrogens (primary N) is 1. The fourth-order valence-electron chi connectivity index (χ4n) is 1.45. The van der Waals surface area contributed by atoms with Crippen LogP contribution in [0.1, 0.15) is 47.0 Å². The summed E-state index contributed by atoms with van der Waals surface area (Å²) in [6, 6.07) is 0. The zero-order chi connectivity index (χ0) is 13.5. The Morgan fingerprint density at radius 3 is 2.41 bits per heavy atom. The number of unbranched alkanes of at least 4 members (excludes halogenated alkanes) is 2. The van der Waals surface area contributed by atoms with Crippen LogP contribution >= 0.6 is 0 Å². The predicted octanol–water partition coefficient (Wildman–Crippen LogP) is 1.69. The molecule has 0 radical (unpaired) electrons. The van der Waals surface area contributed by atoms with Gasteiger partial charge in [0.15, 0.2) is 0 Å². The van der Waals surface area contributed by atoms with Crippen molar-refractivity contribution >= 4 is 6.09 Å². The van der Waals surface area contributed by atoms with Gasteiger partial charge in [-0.05, 0) is 27.2 Å². The van der Waals surface area contributed by atoms with Gasteiger partial charge in [0.05, 0.1) is 6.54 Å². The second kappa shape index (κ2) is 7.50. The Morgan fingerprint density at radius 2 is 2.00 bits per heavy atom. The second-order valence-electron chi connectivity index (χ2n) is 5.10. The van der Waals surface area contributed by atoms with Crippen molar-refractivity contribution in [3.63, 3.8) is 0 Å². The van der Waals surface area contributed by atoms with Crippen LogP contribution in [-0.2, 0) is 4.74 Å². The predicted molar refractivity (Wildman–Crippen MR) is 67.5 cm³/mol. The average Bonchev–Trinajstić information content (AvgIpc) is 2.22. The molecule has 5 heteroatoms. The number of aliphatic hydroxyl groups excluding tert-OH is 1. The normalized spacial score (nSPS) is 13.3. The maximum atomic E-state index is 11.8. The standard InChI is InChI=1S/C12H26N2O3/c1-5-6-7-8-14(12(2,3)4)11(16)17-10(15)9-13/h10,15H,5-9,13H2,1-4H3/t10-/m0/s1. The lowest BCUT2D eigenvalue weighted by atomic mass is 10.1. The van der Waals surface area contributed by atoms with E-state index in [4.69, 9.17) is 10.5 Å². The first-order valence-corrected chi connectivity index (χ1v) is 6.19. The van der Waals surface area contributed by atoms with Crippen molar-refractivity contribution in [2.75, 3.05) is 13.1 Å². The topological polar surface area (TPSA) is 75.8 Å². The summed E-state index contributed by atoms with van der Waals surface area (Å²) in [4.78, 5) is 13.5. The maximum Gasteiger partial charge on any atom is 0.412 e. The highest BCUT2D eigenvalue weighted by Gasteiger charge is 2.28. The van der Waals surface area contributed by atoms with Crippen LogP contribution in [0.3, 0.4) is 0 Å². The minimum absolute atomic E-state index is 0.0846. The molecule has 1 amide bonds. The number of carbonyl (C=O) groups excluding carboxylic acids is 1. The minimum Gasteiger partial charge on any atom is -0.418 e. The molecule has 0 spiro atoms. The minimum atomic E-state index is -1.22. The number of amides is 1. The lowest BCUT2D eigenvalue weighted by Gasteiger charge is -2.35. The molecular formula is C12H26N2O3. The summed E-state index contributed by atoms with van der Waals surface area (Å²) in [5.41, 5.74) is 4.89. The van der Waals surface area contributed by atoms with E-state index in [1.165, 1.54) is 0 Å². The van der Waals surface area contributed by atoms with Crippen LogP contribution in [0.25, 0.3) is 0 Å². The third-order valence-electron chi connectivity index (χ3n) is 2.45. The summed E-state index contributed by atoms with van der Waals surface area (Å²) >= 11 is 0. The van der Waals surface area contributed by atoms with E-state index in [1.54, 1.807) is 4.90 Å². The molecule has 5 nitrogen and oxygen atoms in total. The van der Waals surface area contributed by atoms with Gasteiger partial charge >= 0.3 is 6.09 Å². The molecule has 0 rings (SSSR count). The SMILES string of the molecule is CCCCCN(C(=O)O[C@H](O)CN)C(C)(C)C. The van der Waals surface area contributed by atoms with Gasteiger partial charge in [-0.3, -0.25) is 0 Å². The zero-order valence-corrected chi connectivity index (χ0v) is 11.4. The van der Waals surface area contributed by atoms with Gasteiger partial charge < -0.3 is 20.5 Å². The molecule has 102 valence electrons. The fourth-order valence-corrected chi connectivity index (χ4v) is 1.45. The second-order valence-corrected chi connectivity index (χ2v) is 5.10. The third kappa shape index (κ3) is 6.48. The summed E-state index contributed by atoms with van der Waals surface area (Å²) in [6.45, 7) is 8.48. The number of ether oxygens (including phenoxy) is 1. The monoisotopic (exact) mass is 246 g/mol. The molecule has 3 N–H and O–H groups in total. The molecule has 17 heavy (non-hydrogen) atoms. The first kappa shape index (κ1) is 16.2. The van der Waals surface area contributed by atoms with Crippen molar-refractivity contribution in [3.8, 4) is 0 Å². The van der Waals surface area contributed by atoms with Crippen molar-refractivity contribution in [2.24, 2.45) is 5.73 Å². The Kier molecular flexibility index (Phi) is 7.15. The number of hydrogen-bond acceptors (Lipinski definition) is 4. The smallest absolute Gasteiger partial charge is 0.412 e. The summed E-state index contributed by atoms with van der Waals surface area (Å²) in [7, 11) is 0. The number of nitrogens with zero attached hydrogens (tertiary/aromatic N) is 1.